The third-order valence-corrected chi connectivity index (χ3v) is 2.51. The van der Waals surface area contributed by atoms with Crippen LogP contribution in [0.5, 0.6) is 0 Å². The van der Waals surface area contributed by atoms with E-state index in [2.05, 4.69) is 5.32 Å². The Balaban J connectivity index is 2.34. The number of carbonyl (C=O) groups is 1. The largest absolute Gasteiger partial charge is 0.394 e. The Morgan fingerprint density at radius 3 is 2.67 bits per heavy atom. The number of aliphatic hydroxyl groups is 1. The topological polar surface area (TPSA) is 58.6 Å². The standard InChI is InChI=1S/C13H18FNO3/c1-18-9-12(8-16)15-13(17)7-4-10-2-5-11(14)6-3-10/h2-3,5-6,12,16H,4,7-9H2,1H3,(H,15,17). The number of amides is 1. The lowest BCUT2D eigenvalue weighted by Crippen LogP contribution is -2.40. The van der Waals surface area contributed by atoms with Crippen LogP contribution in [0.4, 0.5) is 4.39 Å². The maximum absolute atomic E-state index is 12.7. The second kappa shape index (κ2) is 7.79. The molecule has 4 nitrogen and oxygen atoms in total. The zero-order valence-corrected chi connectivity index (χ0v) is 10.4. The Morgan fingerprint density at radius 2 is 2.11 bits per heavy atom. The van der Waals surface area contributed by atoms with Crippen molar-refractivity contribution in [3.63, 3.8) is 0 Å². The number of carbonyl (C=O) groups excluding carboxylic acids is 1. The van der Waals surface area contributed by atoms with Gasteiger partial charge < -0.3 is 15.2 Å². The molecule has 2 N–H and O–H groups in total. The van der Waals surface area contributed by atoms with Gasteiger partial charge >= 0.3 is 0 Å². The van der Waals surface area contributed by atoms with Crippen LogP contribution in [0, 0.1) is 5.82 Å². The molecular weight excluding hydrogens is 237 g/mol. The molecule has 0 radical (unpaired) electrons. The fourth-order valence-corrected chi connectivity index (χ4v) is 1.55. The summed E-state index contributed by atoms with van der Waals surface area (Å²) in [6, 6.07) is 5.67. The van der Waals surface area contributed by atoms with Gasteiger partial charge in [0.2, 0.25) is 5.91 Å². The maximum atomic E-state index is 12.7. The van der Waals surface area contributed by atoms with E-state index in [9.17, 15) is 9.18 Å². The van der Waals surface area contributed by atoms with Crippen LogP contribution in [0.3, 0.4) is 0 Å². The molecule has 1 atom stereocenters. The van der Waals surface area contributed by atoms with Crippen LogP contribution in [0.25, 0.3) is 0 Å². The first kappa shape index (κ1) is 14.6. The van der Waals surface area contributed by atoms with Crippen molar-refractivity contribution in [2.45, 2.75) is 18.9 Å². The third kappa shape index (κ3) is 5.25. The maximum Gasteiger partial charge on any atom is 0.220 e. The first-order chi connectivity index (χ1) is 8.65. The quantitative estimate of drug-likeness (QED) is 0.760. The van der Waals surface area contributed by atoms with Crippen LogP contribution in [-0.2, 0) is 16.0 Å². The summed E-state index contributed by atoms with van der Waals surface area (Å²) in [6.45, 7) is 0.120. The molecule has 1 aromatic rings. The molecular formula is C13H18FNO3. The van der Waals surface area contributed by atoms with Gasteiger partial charge in [0.05, 0.1) is 19.3 Å². The van der Waals surface area contributed by atoms with Crippen LogP contribution in [0.2, 0.25) is 0 Å². The van der Waals surface area contributed by atoms with Crippen LogP contribution in [0.15, 0.2) is 24.3 Å². The lowest BCUT2D eigenvalue weighted by Gasteiger charge is -2.15. The van der Waals surface area contributed by atoms with Gasteiger partial charge in [-0.1, -0.05) is 12.1 Å². The lowest BCUT2D eigenvalue weighted by atomic mass is 10.1. The predicted octanol–water partition coefficient (Wildman–Crippen LogP) is 0.882. The van der Waals surface area contributed by atoms with Crippen molar-refractivity contribution in [1.29, 1.82) is 0 Å². The van der Waals surface area contributed by atoms with Gasteiger partial charge in [-0.3, -0.25) is 4.79 Å². The number of aliphatic hydroxyl groups excluding tert-OH is 1. The van der Waals surface area contributed by atoms with Gasteiger partial charge in [-0.05, 0) is 24.1 Å². The highest BCUT2D eigenvalue weighted by Gasteiger charge is 2.10. The highest BCUT2D eigenvalue weighted by atomic mass is 19.1. The third-order valence-electron chi connectivity index (χ3n) is 2.51. The van der Waals surface area contributed by atoms with Gasteiger partial charge in [0.25, 0.3) is 0 Å². The lowest BCUT2D eigenvalue weighted by molar-refractivity contribution is -0.122. The van der Waals surface area contributed by atoms with Crippen molar-refractivity contribution in [3.8, 4) is 0 Å². The molecule has 1 amide bonds. The van der Waals surface area contributed by atoms with E-state index in [1.54, 1.807) is 12.1 Å². The Bertz CT molecular complexity index is 367. The normalized spacial score (nSPS) is 12.2. The molecule has 0 fully saturated rings. The van der Waals surface area contributed by atoms with Crippen molar-refractivity contribution >= 4 is 5.91 Å². The minimum absolute atomic E-state index is 0.157. The summed E-state index contributed by atoms with van der Waals surface area (Å²) in [4.78, 5) is 11.6. The van der Waals surface area contributed by atoms with Crippen molar-refractivity contribution < 1.29 is 19.0 Å². The van der Waals surface area contributed by atoms with E-state index in [1.807, 2.05) is 0 Å². The Morgan fingerprint density at radius 1 is 1.44 bits per heavy atom. The van der Waals surface area contributed by atoms with Gasteiger partial charge in [-0.25, -0.2) is 4.39 Å². The molecule has 0 heterocycles. The molecule has 1 unspecified atom stereocenters. The van der Waals surface area contributed by atoms with Crippen LogP contribution >= 0.6 is 0 Å². The van der Waals surface area contributed by atoms with Gasteiger partial charge in [-0.2, -0.15) is 0 Å². The van der Waals surface area contributed by atoms with E-state index < -0.39 is 0 Å². The van der Waals surface area contributed by atoms with E-state index >= 15 is 0 Å². The smallest absolute Gasteiger partial charge is 0.220 e. The van der Waals surface area contributed by atoms with Crippen molar-refractivity contribution in [2.24, 2.45) is 0 Å². The number of methoxy groups -OCH3 is 1. The molecule has 0 bridgehead atoms. The second-order valence-electron chi connectivity index (χ2n) is 4.03. The van der Waals surface area contributed by atoms with Gasteiger partial charge in [0.1, 0.15) is 5.82 Å². The Labute approximate surface area is 106 Å². The van der Waals surface area contributed by atoms with Gasteiger partial charge in [0, 0.05) is 13.5 Å². The molecule has 0 saturated carbocycles. The molecule has 0 aromatic heterocycles. The molecule has 0 spiro atoms. The second-order valence-corrected chi connectivity index (χ2v) is 4.03. The van der Waals surface area contributed by atoms with Crippen LogP contribution < -0.4 is 5.32 Å². The number of ether oxygens (including phenoxy) is 1. The number of hydrogen-bond donors (Lipinski definition) is 2. The molecule has 1 aromatic carbocycles. The van der Waals surface area contributed by atoms with Crippen molar-refractivity contribution in [3.05, 3.63) is 35.6 Å². The first-order valence-corrected chi connectivity index (χ1v) is 5.79. The molecule has 0 aliphatic carbocycles. The fraction of sp³-hybridized carbons (Fsp3) is 0.462. The van der Waals surface area contributed by atoms with E-state index in [4.69, 9.17) is 9.84 Å². The molecule has 100 valence electrons. The molecule has 5 heteroatoms. The van der Waals surface area contributed by atoms with Crippen LogP contribution in [0.1, 0.15) is 12.0 Å². The number of benzene rings is 1. The summed E-state index contributed by atoms with van der Waals surface area (Å²) in [6.07, 6.45) is 0.836. The minimum atomic E-state index is -0.379. The average Bonchev–Trinajstić information content (AvgIpc) is 2.37. The van der Waals surface area contributed by atoms with E-state index in [0.29, 0.717) is 12.8 Å². The van der Waals surface area contributed by atoms with E-state index in [0.717, 1.165) is 5.56 Å². The summed E-state index contributed by atoms with van der Waals surface area (Å²) in [5, 5.41) is 11.6. The highest BCUT2D eigenvalue weighted by molar-refractivity contribution is 5.76. The Kier molecular flexibility index (Phi) is 6.32. The van der Waals surface area contributed by atoms with Gasteiger partial charge in [-0.15, -0.1) is 0 Å². The molecule has 18 heavy (non-hydrogen) atoms. The van der Waals surface area contributed by atoms with Gasteiger partial charge in [0.15, 0.2) is 0 Å². The minimum Gasteiger partial charge on any atom is -0.394 e. The monoisotopic (exact) mass is 255 g/mol. The predicted molar refractivity (Wildman–Crippen MR) is 65.6 cm³/mol. The molecule has 0 aliphatic rings. The number of hydrogen-bond acceptors (Lipinski definition) is 3. The highest BCUT2D eigenvalue weighted by Crippen LogP contribution is 2.05. The summed E-state index contributed by atoms with van der Waals surface area (Å²) in [7, 11) is 1.51. The molecule has 0 aliphatic heterocycles. The fourth-order valence-electron chi connectivity index (χ4n) is 1.55. The Hall–Kier alpha value is -1.46. The molecule has 1 rings (SSSR count). The number of nitrogens with one attached hydrogen (secondary N) is 1. The number of aryl methyl sites for hydroxylation is 1. The zero-order chi connectivity index (χ0) is 13.4. The SMILES string of the molecule is COCC(CO)NC(=O)CCc1ccc(F)cc1. The van der Waals surface area contributed by atoms with E-state index in [-0.39, 0.29) is 31.0 Å². The van der Waals surface area contributed by atoms with Crippen molar-refractivity contribution in [2.75, 3.05) is 20.3 Å². The van der Waals surface area contributed by atoms with E-state index in [1.165, 1.54) is 19.2 Å². The number of halogens is 1. The summed E-state index contributed by atoms with van der Waals surface area (Å²) in [5.74, 6) is -0.445. The zero-order valence-electron chi connectivity index (χ0n) is 10.4. The summed E-state index contributed by atoms with van der Waals surface area (Å²) >= 11 is 0. The summed E-state index contributed by atoms with van der Waals surface area (Å²) in [5.41, 5.74) is 0.902. The van der Waals surface area contributed by atoms with Crippen LogP contribution in [-0.4, -0.2) is 37.4 Å². The number of rotatable bonds is 7. The van der Waals surface area contributed by atoms with Crippen molar-refractivity contribution in [1.82, 2.24) is 5.32 Å². The molecule has 0 saturated heterocycles. The average molecular weight is 255 g/mol. The first-order valence-electron chi connectivity index (χ1n) is 5.79. The summed E-state index contributed by atoms with van der Waals surface area (Å²) < 4.78 is 17.5.